The Balaban J connectivity index is 3.90. The highest BCUT2D eigenvalue weighted by Gasteiger charge is 2.19. The van der Waals surface area contributed by atoms with Gasteiger partial charge in [-0.25, -0.2) is 0 Å². The van der Waals surface area contributed by atoms with Crippen LogP contribution < -0.4 is 0 Å². The molecule has 0 radical (unpaired) electrons. The van der Waals surface area contributed by atoms with Gasteiger partial charge in [0, 0.05) is 6.42 Å². The van der Waals surface area contributed by atoms with Crippen molar-refractivity contribution in [2.75, 3.05) is 44.9 Å². The molecule has 0 unspecified atom stereocenters. The van der Waals surface area contributed by atoms with E-state index in [-0.39, 0.29) is 0 Å². The summed E-state index contributed by atoms with van der Waals surface area (Å²) in [6, 6.07) is 0. The molecule has 1 nitrogen and oxygen atoms in total. The topological polar surface area (TPSA) is 0 Å². The van der Waals surface area contributed by atoms with Crippen LogP contribution in [-0.2, 0) is 10.9 Å². The van der Waals surface area contributed by atoms with Crippen molar-refractivity contribution in [1.29, 1.82) is 0 Å². The molecule has 0 N–H and O–H groups in total. The highest BCUT2D eigenvalue weighted by molar-refractivity contribution is 7.95. The molecule has 0 aliphatic rings. The number of nitrogens with zero attached hydrogens (tertiary/aromatic N) is 1. The summed E-state index contributed by atoms with van der Waals surface area (Å²) in [7, 11) is 3.11. The first-order valence-corrected chi connectivity index (χ1v) is 9.63. The van der Waals surface area contributed by atoms with Gasteiger partial charge in [-0.1, -0.05) is 26.7 Å². The molecule has 0 bridgehead atoms. The normalized spacial score (nSPS) is 12.4. The summed E-state index contributed by atoms with van der Waals surface area (Å²) < 4.78 is 1.32. The van der Waals surface area contributed by atoms with Gasteiger partial charge >= 0.3 is 0 Å². The third-order valence-electron chi connectivity index (χ3n) is 3.60. The van der Waals surface area contributed by atoms with Crippen LogP contribution in [0.25, 0.3) is 0 Å². The van der Waals surface area contributed by atoms with E-state index in [1.807, 2.05) is 0 Å². The van der Waals surface area contributed by atoms with Gasteiger partial charge in [-0.2, -0.15) is 0 Å². The van der Waals surface area contributed by atoms with Gasteiger partial charge < -0.3 is 4.48 Å². The third-order valence-corrected chi connectivity index (χ3v) is 4.71. The molecule has 0 aromatic rings. The molecule has 0 saturated heterocycles. The van der Waals surface area contributed by atoms with Crippen LogP contribution in [0, 0.1) is 0 Å². The molecule has 17 heavy (non-hydrogen) atoms. The molecule has 0 heterocycles. The maximum atomic E-state index is 2.48. The van der Waals surface area contributed by atoms with Crippen molar-refractivity contribution in [3.8, 4) is 0 Å². The van der Waals surface area contributed by atoms with Crippen molar-refractivity contribution >= 4 is 10.9 Å². The monoisotopic (exact) mass is 261 g/mol. The molecule has 0 fully saturated rings. The lowest BCUT2D eigenvalue weighted by Gasteiger charge is -2.34. The van der Waals surface area contributed by atoms with Crippen LogP contribution in [0.15, 0.2) is 0 Å². The zero-order valence-electron chi connectivity index (χ0n) is 12.9. The number of unbranched alkanes of at least 4 members (excludes halogenated alkanes) is 3. The average Bonchev–Trinajstić information content (AvgIpc) is 2.30. The summed E-state index contributed by atoms with van der Waals surface area (Å²) in [6.45, 7) is 8.80. The lowest BCUT2D eigenvalue weighted by atomic mass is 10.2. The smallest absolute Gasteiger partial charge is 0.107 e. The van der Waals surface area contributed by atoms with Crippen molar-refractivity contribution in [3.05, 3.63) is 0 Å². The summed E-state index contributed by atoms with van der Waals surface area (Å²) in [6.07, 6.45) is 13.1. The SMILES string of the molecule is CCCC[N+](C)(CCCC)CCCC[S+](C)C. The number of rotatable bonds is 11. The maximum absolute atomic E-state index is 2.48. The Morgan fingerprint density at radius 2 is 1.24 bits per heavy atom. The minimum Gasteiger partial charge on any atom is -0.326 e. The van der Waals surface area contributed by atoms with E-state index >= 15 is 0 Å². The first-order valence-electron chi connectivity index (χ1n) is 7.42. The molecule has 0 saturated carbocycles. The van der Waals surface area contributed by atoms with Gasteiger partial charge in [0.2, 0.25) is 0 Å². The van der Waals surface area contributed by atoms with Crippen LogP contribution in [0.1, 0.15) is 52.4 Å². The average molecular weight is 262 g/mol. The minimum absolute atomic E-state index is 0.639. The van der Waals surface area contributed by atoms with Crippen LogP contribution >= 0.6 is 0 Å². The van der Waals surface area contributed by atoms with E-state index < -0.39 is 0 Å². The second-order valence-corrected chi connectivity index (χ2v) is 8.27. The molecule has 0 aliphatic heterocycles. The van der Waals surface area contributed by atoms with E-state index in [0.29, 0.717) is 10.9 Å². The first-order chi connectivity index (χ1) is 8.04. The molecule has 0 amide bonds. The maximum Gasteiger partial charge on any atom is 0.107 e. The van der Waals surface area contributed by atoms with E-state index in [1.54, 1.807) is 0 Å². The van der Waals surface area contributed by atoms with Crippen molar-refractivity contribution in [2.24, 2.45) is 0 Å². The van der Waals surface area contributed by atoms with Crippen LogP contribution in [0.5, 0.6) is 0 Å². The quantitative estimate of drug-likeness (QED) is 0.302. The van der Waals surface area contributed by atoms with Crippen LogP contribution in [0.2, 0.25) is 0 Å². The summed E-state index contributed by atoms with van der Waals surface area (Å²) in [5.41, 5.74) is 0. The number of quaternary nitrogens is 1. The van der Waals surface area contributed by atoms with Gasteiger partial charge in [0.1, 0.15) is 5.75 Å². The predicted molar refractivity (Wildman–Crippen MR) is 83.9 cm³/mol. The van der Waals surface area contributed by atoms with Gasteiger partial charge in [0.15, 0.2) is 0 Å². The standard InChI is InChI=1S/C15H35NS/c1-6-8-12-16(3,13-9-7-2)14-10-11-15-17(4)5/h6-15H2,1-5H3/q+2. The third kappa shape index (κ3) is 9.96. The van der Waals surface area contributed by atoms with Crippen molar-refractivity contribution < 1.29 is 4.48 Å². The molecule has 0 atom stereocenters. The fourth-order valence-corrected chi connectivity index (χ4v) is 3.08. The zero-order valence-corrected chi connectivity index (χ0v) is 13.7. The van der Waals surface area contributed by atoms with Crippen LogP contribution in [0.3, 0.4) is 0 Å². The Morgan fingerprint density at radius 3 is 1.65 bits per heavy atom. The van der Waals surface area contributed by atoms with Crippen LogP contribution in [-0.4, -0.2) is 49.4 Å². The van der Waals surface area contributed by atoms with Crippen LogP contribution in [0.4, 0.5) is 0 Å². The van der Waals surface area contributed by atoms with Crippen molar-refractivity contribution in [3.63, 3.8) is 0 Å². The van der Waals surface area contributed by atoms with Gasteiger partial charge in [-0.05, 0) is 30.2 Å². The van der Waals surface area contributed by atoms with E-state index in [9.17, 15) is 0 Å². The highest BCUT2D eigenvalue weighted by atomic mass is 32.2. The lowest BCUT2D eigenvalue weighted by molar-refractivity contribution is -0.910. The molecule has 104 valence electrons. The second kappa shape index (κ2) is 10.3. The lowest BCUT2D eigenvalue weighted by Crippen LogP contribution is -2.46. The first kappa shape index (κ1) is 17.3. The number of hydrogen-bond acceptors (Lipinski definition) is 0. The predicted octanol–water partition coefficient (Wildman–Crippen LogP) is 3.69. The summed E-state index contributed by atoms with van der Waals surface area (Å²) in [5, 5.41) is 0. The van der Waals surface area contributed by atoms with E-state index in [2.05, 4.69) is 33.4 Å². The Hall–Kier alpha value is 0.310. The second-order valence-electron chi connectivity index (χ2n) is 5.89. The van der Waals surface area contributed by atoms with E-state index in [4.69, 9.17) is 0 Å². The fraction of sp³-hybridized carbons (Fsp3) is 1.00. The molecule has 0 aliphatic carbocycles. The summed E-state index contributed by atoms with van der Waals surface area (Å²) in [5.74, 6) is 1.43. The molecular weight excluding hydrogens is 226 g/mol. The summed E-state index contributed by atoms with van der Waals surface area (Å²) >= 11 is 0. The molecule has 2 heteroatoms. The fourth-order valence-electron chi connectivity index (χ4n) is 2.30. The molecular formula is C15H35NS+2. The summed E-state index contributed by atoms with van der Waals surface area (Å²) in [4.78, 5) is 0. The van der Waals surface area contributed by atoms with E-state index in [1.165, 1.54) is 68.4 Å². The van der Waals surface area contributed by atoms with E-state index in [0.717, 1.165) is 0 Å². The van der Waals surface area contributed by atoms with Gasteiger partial charge in [0.05, 0.1) is 39.2 Å². The van der Waals surface area contributed by atoms with Gasteiger partial charge in [-0.3, -0.25) is 0 Å². The highest BCUT2D eigenvalue weighted by Crippen LogP contribution is 2.11. The Labute approximate surface area is 113 Å². The molecule has 0 aromatic carbocycles. The minimum atomic E-state index is 0.639. The molecule has 0 rings (SSSR count). The zero-order chi connectivity index (χ0) is 13.1. The Kier molecular flexibility index (Phi) is 10.4. The Bertz CT molecular complexity index is 160. The van der Waals surface area contributed by atoms with Crippen molar-refractivity contribution in [1.82, 2.24) is 0 Å². The largest absolute Gasteiger partial charge is 0.326 e. The van der Waals surface area contributed by atoms with Gasteiger partial charge in [0.25, 0.3) is 0 Å². The van der Waals surface area contributed by atoms with Gasteiger partial charge in [-0.15, -0.1) is 0 Å². The van der Waals surface area contributed by atoms with Crippen molar-refractivity contribution in [2.45, 2.75) is 52.4 Å². The Morgan fingerprint density at radius 1 is 0.765 bits per heavy atom. The molecule has 0 spiro atoms. The number of hydrogen-bond donors (Lipinski definition) is 0. The molecule has 0 aromatic heterocycles.